The fraction of sp³-hybridized carbons (Fsp3) is 0.367. The Balaban J connectivity index is 1.53. The molecule has 4 heteroatoms. The van der Waals surface area contributed by atoms with Gasteiger partial charge in [-0.3, -0.25) is 0 Å². The first-order valence-electron chi connectivity index (χ1n) is 12.4. The van der Waals surface area contributed by atoms with Crippen molar-refractivity contribution in [3.63, 3.8) is 0 Å². The van der Waals surface area contributed by atoms with Gasteiger partial charge in [0.15, 0.2) is 0 Å². The number of benzene rings is 3. The number of unbranched alkanes of at least 4 members (excludes halogenated alkanes) is 3. The number of carbonyl (C=O) groups excluding carboxylic acids is 1. The third-order valence-electron chi connectivity index (χ3n) is 5.71. The van der Waals surface area contributed by atoms with E-state index in [-0.39, 0.29) is 12.1 Å². The maximum absolute atomic E-state index is 12.4. The Hall–Kier alpha value is -3.11. The van der Waals surface area contributed by atoms with Crippen LogP contribution in [0.4, 0.5) is 0 Å². The lowest BCUT2D eigenvalue weighted by molar-refractivity contribution is 0.0628. The predicted octanol–water partition coefficient (Wildman–Crippen LogP) is 8.02. The van der Waals surface area contributed by atoms with Crippen molar-refractivity contribution < 1.29 is 19.0 Å². The second kappa shape index (κ2) is 13.6. The van der Waals surface area contributed by atoms with Crippen LogP contribution in [-0.2, 0) is 4.74 Å². The molecule has 0 saturated carbocycles. The highest BCUT2D eigenvalue weighted by molar-refractivity contribution is 5.91. The third kappa shape index (κ3) is 7.74. The van der Waals surface area contributed by atoms with Crippen LogP contribution in [0.15, 0.2) is 72.8 Å². The van der Waals surface area contributed by atoms with Gasteiger partial charge in [0, 0.05) is 6.61 Å². The van der Waals surface area contributed by atoms with E-state index in [1.165, 1.54) is 24.8 Å². The highest BCUT2D eigenvalue weighted by Gasteiger charge is 2.10. The van der Waals surface area contributed by atoms with Crippen LogP contribution in [0.5, 0.6) is 11.5 Å². The van der Waals surface area contributed by atoms with Crippen molar-refractivity contribution in [2.45, 2.75) is 59.0 Å². The molecule has 1 unspecified atom stereocenters. The van der Waals surface area contributed by atoms with E-state index in [2.05, 4.69) is 45.0 Å². The van der Waals surface area contributed by atoms with E-state index >= 15 is 0 Å². The van der Waals surface area contributed by atoms with Crippen molar-refractivity contribution in [3.05, 3.63) is 83.9 Å². The molecular formula is C30H36O4. The number of hydrogen-bond acceptors (Lipinski definition) is 4. The van der Waals surface area contributed by atoms with Crippen LogP contribution in [-0.4, -0.2) is 19.2 Å². The minimum Gasteiger partial charge on any atom is -0.494 e. The summed E-state index contributed by atoms with van der Waals surface area (Å²) in [4.78, 5) is 12.4. The van der Waals surface area contributed by atoms with Crippen molar-refractivity contribution in [2.75, 3.05) is 13.2 Å². The SMILES string of the molecule is CCCCCCOC(C)c1ccc(-c2ccc(OC(=O)c3ccc(OCCC)cc3)cc2)cc1. The van der Waals surface area contributed by atoms with Gasteiger partial charge in [-0.1, -0.05) is 69.5 Å². The highest BCUT2D eigenvalue weighted by Crippen LogP contribution is 2.26. The molecule has 3 rings (SSSR count). The van der Waals surface area contributed by atoms with Crippen LogP contribution in [0, 0.1) is 0 Å². The molecule has 0 aliphatic carbocycles. The molecule has 0 N–H and O–H groups in total. The Morgan fingerprint density at radius 3 is 1.94 bits per heavy atom. The lowest BCUT2D eigenvalue weighted by Crippen LogP contribution is -2.08. The first-order chi connectivity index (χ1) is 16.6. The fourth-order valence-corrected chi connectivity index (χ4v) is 3.62. The molecule has 0 aliphatic heterocycles. The maximum Gasteiger partial charge on any atom is 0.343 e. The van der Waals surface area contributed by atoms with Gasteiger partial charge in [-0.15, -0.1) is 0 Å². The van der Waals surface area contributed by atoms with E-state index < -0.39 is 0 Å². The standard InChI is InChI=1S/C30H36O4/c1-4-6-7-8-22-32-23(3)24-9-11-25(12-10-24)26-13-19-29(20-14-26)34-30(31)27-15-17-28(18-16-27)33-21-5-2/h9-20,23H,4-8,21-22H2,1-3H3. The van der Waals surface area contributed by atoms with Crippen LogP contribution < -0.4 is 9.47 Å². The minimum absolute atomic E-state index is 0.0877. The average Bonchev–Trinajstić information content (AvgIpc) is 2.88. The van der Waals surface area contributed by atoms with Crippen LogP contribution in [0.1, 0.15) is 74.9 Å². The van der Waals surface area contributed by atoms with Gasteiger partial charge in [0.05, 0.1) is 18.3 Å². The van der Waals surface area contributed by atoms with Crippen molar-refractivity contribution in [3.8, 4) is 22.6 Å². The molecular weight excluding hydrogens is 424 g/mol. The summed E-state index contributed by atoms with van der Waals surface area (Å²) >= 11 is 0. The highest BCUT2D eigenvalue weighted by atomic mass is 16.5. The summed E-state index contributed by atoms with van der Waals surface area (Å²) in [6.07, 6.45) is 5.88. The molecule has 0 radical (unpaired) electrons. The van der Waals surface area contributed by atoms with Crippen LogP contribution >= 0.6 is 0 Å². The molecule has 0 amide bonds. The fourth-order valence-electron chi connectivity index (χ4n) is 3.62. The largest absolute Gasteiger partial charge is 0.494 e. The Bertz CT molecular complexity index is 991. The van der Waals surface area contributed by atoms with E-state index in [1.807, 2.05) is 24.3 Å². The zero-order valence-electron chi connectivity index (χ0n) is 20.6. The number of hydrogen-bond donors (Lipinski definition) is 0. The van der Waals surface area contributed by atoms with Gasteiger partial charge >= 0.3 is 5.97 Å². The summed E-state index contributed by atoms with van der Waals surface area (Å²) in [6.45, 7) is 7.84. The summed E-state index contributed by atoms with van der Waals surface area (Å²) in [5, 5.41) is 0. The average molecular weight is 461 g/mol. The van der Waals surface area contributed by atoms with Crippen LogP contribution in [0.25, 0.3) is 11.1 Å². The molecule has 0 aromatic heterocycles. The zero-order valence-corrected chi connectivity index (χ0v) is 20.6. The molecule has 4 nitrogen and oxygen atoms in total. The van der Waals surface area contributed by atoms with Gasteiger partial charge in [0.25, 0.3) is 0 Å². The van der Waals surface area contributed by atoms with E-state index in [1.54, 1.807) is 24.3 Å². The van der Waals surface area contributed by atoms with Gasteiger partial charge in [0.2, 0.25) is 0 Å². The number of ether oxygens (including phenoxy) is 3. The van der Waals surface area contributed by atoms with Crippen molar-refractivity contribution in [2.24, 2.45) is 0 Å². The molecule has 0 fully saturated rings. The van der Waals surface area contributed by atoms with Gasteiger partial charge in [-0.25, -0.2) is 4.79 Å². The predicted molar refractivity (Wildman–Crippen MR) is 138 cm³/mol. The van der Waals surface area contributed by atoms with E-state index in [0.29, 0.717) is 17.9 Å². The Morgan fingerprint density at radius 1 is 0.706 bits per heavy atom. The molecule has 34 heavy (non-hydrogen) atoms. The smallest absolute Gasteiger partial charge is 0.343 e. The second-order valence-corrected chi connectivity index (χ2v) is 8.48. The monoisotopic (exact) mass is 460 g/mol. The third-order valence-corrected chi connectivity index (χ3v) is 5.71. The number of rotatable bonds is 13. The molecule has 3 aromatic carbocycles. The second-order valence-electron chi connectivity index (χ2n) is 8.48. The molecule has 0 bridgehead atoms. The Kier molecular flexibility index (Phi) is 10.2. The summed E-state index contributed by atoms with van der Waals surface area (Å²) in [5.41, 5.74) is 3.84. The molecule has 0 saturated heterocycles. The van der Waals surface area contributed by atoms with Gasteiger partial charge < -0.3 is 14.2 Å². The maximum atomic E-state index is 12.4. The quantitative estimate of drug-likeness (QED) is 0.147. The molecule has 0 aliphatic rings. The summed E-state index contributed by atoms with van der Waals surface area (Å²) in [6, 6.07) is 23.0. The van der Waals surface area contributed by atoms with Crippen molar-refractivity contribution >= 4 is 5.97 Å². The Morgan fingerprint density at radius 2 is 1.32 bits per heavy atom. The molecule has 0 heterocycles. The van der Waals surface area contributed by atoms with Crippen LogP contribution in [0.2, 0.25) is 0 Å². The van der Waals surface area contributed by atoms with Gasteiger partial charge in [0.1, 0.15) is 11.5 Å². The van der Waals surface area contributed by atoms with E-state index in [0.717, 1.165) is 36.3 Å². The first-order valence-corrected chi connectivity index (χ1v) is 12.4. The van der Waals surface area contributed by atoms with E-state index in [9.17, 15) is 4.79 Å². The number of esters is 1. The molecule has 3 aromatic rings. The number of carbonyl (C=O) groups is 1. The minimum atomic E-state index is -0.386. The summed E-state index contributed by atoms with van der Waals surface area (Å²) < 4.78 is 17.1. The lowest BCUT2D eigenvalue weighted by Gasteiger charge is -2.14. The summed E-state index contributed by atoms with van der Waals surface area (Å²) in [7, 11) is 0. The van der Waals surface area contributed by atoms with Crippen molar-refractivity contribution in [1.29, 1.82) is 0 Å². The lowest BCUT2D eigenvalue weighted by atomic mass is 10.0. The van der Waals surface area contributed by atoms with Gasteiger partial charge in [-0.2, -0.15) is 0 Å². The molecule has 1 atom stereocenters. The normalized spacial score (nSPS) is 11.7. The van der Waals surface area contributed by atoms with Crippen molar-refractivity contribution in [1.82, 2.24) is 0 Å². The Labute approximate surface area is 203 Å². The first kappa shape index (κ1) is 25.5. The summed E-state index contributed by atoms with van der Waals surface area (Å²) in [5.74, 6) is 0.881. The molecule has 0 spiro atoms. The zero-order chi connectivity index (χ0) is 24.2. The topological polar surface area (TPSA) is 44.8 Å². The van der Waals surface area contributed by atoms with E-state index in [4.69, 9.17) is 14.2 Å². The molecule has 180 valence electrons. The van der Waals surface area contributed by atoms with Gasteiger partial charge in [-0.05, 0) is 72.9 Å². The van der Waals surface area contributed by atoms with Crippen LogP contribution in [0.3, 0.4) is 0 Å².